The number of phenolic OH excluding ortho intramolecular Hbond substituents is 1. The van der Waals surface area contributed by atoms with Crippen LogP contribution in [0.25, 0.3) is 0 Å². The maximum Gasteiger partial charge on any atom is 0.119 e. The Hall–Kier alpha value is -2.04. The molecule has 0 radical (unpaired) electrons. The van der Waals surface area contributed by atoms with Crippen LogP contribution in [0.15, 0.2) is 75.9 Å². The number of benzene rings is 2. The zero-order chi connectivity index (χ0) is 15.6. The van der Waals surface area contributed by atoms with E-state index >= 15 is 0 Å². The Kier molecular flexibility index (Phi) is 3.93. The molecule has 0 amide bonds. The predicted octanol–water partition coefficient (Wildman–Crippen LogP) is 5.81. The first-order chi connectivity index (χ1) is 11.3. The van der Waals surface area contributed by atoms with E-state index < -0.39 is 0 Å². The van der Waals surface area contributed by atoms with E-state index in [1.165, 1.54) is 4.88 Å². The number of thioether (sulfide) groups is 1. The summed E-state index contributed by atoms with van der Waals surface area (Å²) >= 11 is 3.49. The lowest BCUT2D eigenvalue weighted by atomic mass is 10.0. The molecule has 2 nitrogen and oxygen atoms in total. The molecule has 1 unspecified atom stereocenters. The van der Waals surface area contributed by atoms with Crippen LogP contribution < -0.4 is 0 Å². The van der Waals surface area contributed by atoms with Crippen LogP contribution in [0.2, 0.25) is 0 Å². The van der Waals surface area contributed by atoms with Gasteiger partial charge in [0.2, 0.25) is 0 Å². The smallest absolute Gasteiger partial charge is 0.119 e. The van der Waals surface area contributed by atoms with Crippen LogP contribution in [-0.4, -0.2) is 10.8 Å². The molecule has 0 aliphatic carbocycles. The molecule has 4 rings (SSSR count). The van der Waals surface area contributed by atoms with E-state index in [1.807, 2.05) is 30.3 Å². The Labute approximate surface area is 143 Å². The number of aromatic hydroxyl groups is 1. The third-order valence-corrected chi connectivity index (χ3v) is 6.08. The van der Waals surface area contributed by atoms with Crippen molar-refractivity contribution < 1.29 is 5.11 Å². The number of phenols is 1. The van der Waals surface area contributed by atoms with Crippen molar-refractivity contribution in [2.45, 2.75) is 16.6 Å². The summed E-state index contributed by atoms with van der Waals surface area (Å²) in [6.07, 6.45) is 0.803. The van der Waals surface area contributed by atoms with Gasteiger partial charge >= 0.3 is 0 Å². The summed E-state index contributed by atoms with van der Waals surface area (Å²) in [7, 11) is 0. The lowest BCUT2D eigenvalue weighted by Gasteiger charge is -2.16. The first kappa shape index (κ1) is 14.5. The number of nitrogens with zero attached hydrogens (tertiary/aromatic N) is 1. The fraction of sp³-hybridized carbons (Fsp3) is 0.105. The molecule has 1 aliphatic rings. The highest BCUT2D eigenvalue weighted by molar-refractivity contribution is 7.99. The Bertz CT molecular complexity index is 855. The number of para-hydroxylation sites is 2. The predicted molar refractivity (Wildman–Crippen MR) is 98.3 cm³/mol. The van der Waals surface area contributed by atoms with Crippen LogP contribution in [0.3, 0.4) is 0 Å². The zero-order valence-corrected chi connectivity index (χ0v) is 14.0. The molecular weight excluding hydrogens is 322 g/mol. The van der Waals surface area contributed by atoms with E-state index in [0.29, 0.717) is 5.75 Å². The third kappa shape index (κ3) is 2.92. The van der Waals surface area contributed by atoms with Crippen LogP contribution in [0, 0.1) is 0 Å². The number of aliphatic imine (C=N–C) groups is 1. The van der Waals surface area contributed by atoms with Crippen molar-refractivity contribution in [3.8, 4) is 5.75 Å². The molecule has 4 heteroatoms. The third-order valence-electron chi connectivity index (χ3n) is 3.86. The van der Waals surface area contributed by atoms with E-state index in [0.717, 1.165) is 28.3 Å². The summed E-state index contributed by atoms with van der Waals surface area (Å²) in [5.74, 6) is 0.356. The molecule has 3 aromatic rings. The van der Waals surface area contributed by atoms with E-state index in [1.54, 1.807) is 29.2 Å². The average molecular weight is 337 g/mol. The molecule has 0 bridgehead atoms. The lowest BCUT2D eigenvalue weighted by Crippen LogP contribution is -2.03. The van der Waals surface area contributed by atoms with Gasteiger partial charge in [0, 0.05) is 27.0 Å². The second-order valence-electron chi connectivity index (χ2n) is 5.37. The van der Waals surface area contributed by atoms with Crippen LogP contribution in [0.4, 0.5) is 5.69 Å². The maximum absolute atomic E-state index is 10.3. The van der Waals surface area contributed by atoms with E-state index in [9.17, 15) is 5.11 Å². The molecular formula is C19H15NOS2. The van der Waals surface area contributed by atoms with Crippen molar-refractivity contribution >= 4 is 34.5 Å². The summed E-state index contributed by atoms with van der Waals surface area (Å²) in [4.78, 5) is 7.27. The number of rotatable bonds is 2. The van der Waals surface area contributed by atoms with Crippen LogP contribution in [0.5, 0.6) is 5.75 Å². The molecule has 23 heavy (non-hydrogen) atoms. The van der Waals surface area contributed by atoms with Gasteiger partial charge in [-0.1, -0.05) is 36.4 Å². The summed E-state index contributed by atoms with van der Waals surface area (Å²) < 4.78 is 0. The Balaban J connectivity index is 1.82. The van der Waals surface area contributed by atoms with E-state index in [2.05, 4.69) is 29.6 Å². The van der Waals surface area contributed by atoms with Gasteiger partial charge in [-0.05, 0) is 29.6 Å². The summed E-state index contributed by atoms with van der Waals surface area (Å²) in [6.45, 7) is 0. The molecule has 1 N–H and O–H groups in total. The van der Waals surface area contributed by atoms with Gasteiger partial charge in [-0.25, -0.2) is 0 Å². The zero-order valence-electron chi connectivity index (χ0n) is 12.3. The molecule has 0 fully saturated rings. The molecule has 0 saturated heterocycles. The van der Waals surface area contributed by atoms with Gasteiger partial charge in [-0.3, -0.25) is 4.99 Å². The second kappa shape index (κ2) is 6.22. The number of fused-ring (bicyclic) bond motifs is 1. The highest BCUT2D eigenvalue weighted by Crippen LogP contribution is 2.47. The lowest BCUT2D eigenvalue weighted by molar-refractivity contribution is 0.468. The van der Waals surface area contributed by atoms with Gasteiger partial charge in [0.25, 0.3) is 0 Å². The monoisotopic (exact) mass is 337 g/mol. The minimum absolute atomic E-state index is 0.153. The molecule has 1 atom stereocenters. The highest BCUT2D eigenvalue weighted by atomic mass is 32.2. The topological polar surface area (TPSA) is 32.6 Å². The van der Waals surface area contributed by atoms with Crippen molar-refractivity contribution in [1.29, 1.82) is 0 Å². The fourth-order valence-electron chi connectivity index (χ4n) is 2.74. The van der Waals surface area contributed by atoms with E-state index in [4.69, 9.17) is 4.99 Å². The van der Waals surface area contributed by atoms with Crippen molar-refractivity contribution in [2.24, 2.45) is 4.99 Å². The van der Waals surface area contributed by atoms with E-state index in [-0.39, 0.29) is 5.25 Å². The van der Waals surface area contributed by atoms with Crippen molar-refractivity contribution in [1.82, 2.24) is 0 Å². The first-order valence-corrected chi connectivity index (χ1v) is 9.22. The van der Waals surface area contributed by atoms with Gasteiger partial charge in [-0.2, -0.15) is 0 Å². The minimum Gasteiger partial charge on any atom is -0.508 e. The Morgan fingerprint density at radius 3 is 2.61 bits per heavy atom. The number of hydrogen-bond donors (Lipinski definition) is 1. The Morgan fingerprint density at radius 1 is 0.957 bits per heavy atom. The van der Waals surface area contributed by atoms with Gasteiger partial charge < -0.3 is 5.11 Å². The first-order valence-electron chi connectivity index (χ1n) is 7.46. The van der Waals surface area contributed by atoms with Crippen LogP contribution in [-0.2, 0) is 0 Å². The molecule has 0 saturated carbocycles. The molecule has 1 aromatic heterocycles. The quantitative estimate of drug-likeness (QED) is 0.640. The van der Waals surface area contributed by atoms with Crippen molar-refractivity contribution in [2.75, 3.05) is 0 Å². The fourth-order valence-corrected chi connectivity index (χ4v) is 4.73. The minimum atomic E-state index is 0.153. The highest BCUT2D eigenvalue weighted by Gasteiger charge is 2.24. The normalized spacial score (nSPS) is 17.2. The molecule has 2 aromatic carbocycles. The van der Waals surface area contributed by atoms with Crippen molar-refractivity contribution in [3.63, 3.8) is 0 Å². The largest absolute Gasteiger partial charge is 0.508 e. The van der Waals surface area contributed by atoms with Crippen LogP contribution in [0.1, 0.15) is 22.1 Å². The van der Waals surface area contributed by atoms with Gasteiger partial charge in [0.1, 0.15) is 5.75 Å². The van der Waals surface area contributed by atoms with Crippen LogP contribution >= 0.6 is 23.1 Å². The average Bonchev–Trinajstić information content (AvgIpc) is 3.03. The SMILES string of the molecule is Oc1ccccc1C1CC(c2cccs2)=Nc2ccccc2S1. The van der Waals surface area contributed by atoms with Crippen molar-refractivity contribution in [3.05, 3.63) is 76.5 Å². The van der Waals surface area contributed by atoms with Gasteiger partial charge in [0.15, 0.2) is 0 Å². The summed E-state index contributed by atoms with van der Waals surface area (Å²) in [5, 5.41) is 12.5. The second-order valence-corrected chi connectivity index (χ2v) is 7.57. The Morgan fingerprint density at radius 2 is 1.78 bits per heavy atom. The summed E-state index contributed by atoms with van der Waals surface area (Å²) in [5.41, 5.74) is 3.07. The summed E-state index contributed by atoms with van der Waals surface area (Å²) in [6, 6.07) is 20.0. The molecule has 0 spiro atoms. The van der Waals surface area contributed by atoms with Gasteiger partial charge in [0.05, 0.1) is 11.4 Å². The molecule has 1 aliphatic heterocycles. The molecule has 2 heterocycles. The maximum atomic E-state index is 10.3. The number of hydrogen-bond acceptors (Lipinski definition) is 4. The molecule has 114 valence electrons. The standard InChI is InChI=1S/C19H15NOS2/c21-16-8-3-1-6-13(16)19-12-15(17-10-5-11-22-17)20-14-7-2-4-9-18(14)23-19/h1-11,19,21H,12H2. The van der Waals surface area contributed by atoms with Gasteiger partial charge in [-0.15, -0.1) is 23.1 Å². The number of thiophene rings is 1.